The Morgan fingerprint density at radius 2 is 1.81 bits per heavy atom. The van der Waals surface area contributed by atoms with E-state index in [1.165, 1.54) is 60.2 Å². The third kappa shape index (κ3) is 6.20. The van der Waals surface area contributed by atoms with Crippen LogP contribution in [0.15, 0.2) is 52.9 Å². The highest BCUT2D eigenvalue weighted by Gasteiger charge is 2.18. The lowest BCUT2D eigenvalue weighted by atomic mass is 10.1. The lowest BCUT2D eigenvalue weighted by Gasteiger charge is -2.28. The third-order valence-electron chi connectivity index (χ3n) is 5.27. The first kappa shape index (κ1) is 22.5. The van der Waals surface area contributed by atoms with Crippen LogP contribution >= 0.6 is 23.1 Å². The molecule has 0 aliphatic carbocycles. The Morgan fingerprint density at radius 3 is 2.53 bits per heavy atom. The van der Waals surface area contributed by atoms with Crippen molar-refractivity contribution in [1.82, 2.24) is 10.2 Å². The van der Waals surface area contributed by atoms with Gasteiger partial charge >= 0.3 is 0 Å². The molecule has 2 heterocycles. The van der Waals surface area contributed by atoms with E-state index >= 15 is 0 Å². The summed E-state index contributed by atoms with van der Waals surface area (Å²) >= 11 is 2.77. The zero-order valence-electron chi connectivity index (χ0n) is 17.9. The Bertz CT molecular complexity index is 1020. The summed E-state index contributed by atoms with van der Waals surface area (Å²) in [4.78, 5) is 15.0. The van der Waals surface area contributed by atoms with Gasteiger partial charge in [-0.05, 0) is 68.1 Å². The van der Waals surface area contributed by atoms with E-state index in [1.54, 1.807) is 12.1 Å². The van der Waals surface area contributed by atoms with Crippen LogP contribution in [-0.2, 0) is 11.3 Å². The van der Waals surface area contributed by atoms with E-state index in [1.807, 2.05) is 19.1 Å². The summed E-state index contributed by atoms with van der Waals surface area (Å²) in [7, 11) is 0. The second kappa shape index (κ2) is 10.8. The van der Waals surface area contributed by atoms with Crippen LogP contribution in [0.2, 0.25) is 0 Å². The zero-order valence-corrected chi connectivity index (χ0v) is 19.5. The van der Waals surface area contributed by atoms with Crippen LogP contribution in [0.4, 0.5) is 20.9 Å². The number of carbonyl (C=O) groups is 1. The summed E-state index contributed by atoms with van der Waals surface area (Å²) in [6, 6.07) is 14.4. The lowest BCUT2D eigenvalue weighted by Crippen LogP contribution is -2.29. The molecule has 4 rings (SSSR count). The average molecular weight is 472 g/mol. The molecule has 1 aromatic heterocycles. The molecule has 1 unspecified atom stereocenters. The minimum absolute atomic E-state index is 0.0725. The number of halogens is 1. The minimum Gasteiger partial charge on any atom is -0.372 e. The van der Waals surface area contributed by atoms with Crippen molar-refractivity contribution >= 4 is 45.5 Å². The fourth-order valence-electron chi connectivity index (χ4n) is 3.47. The number of amides is 1. The van der Waals surface area contributed by atoms with E-state index in [0.717, 1.165) is 28.7 Å². The maximum Gasteiger partial charge on any atom is 0.237 e. The minimum atomic E-state index is -0.310. The number of benzene rings is 2. The Labute approximate surface area is 195 Å². The van der Waals surface area contributed by atoms with Gasteiger partial charge in [-0.3, -0.25) is 4.79 Å². The summed E-state index contributed by atoms with van der Waals surface area (Å²) in [5, 5.41) is 14.8. The first-order valence-electron chi connectivity index (χ1n) is 10.7. The highest BCUT2D eigenvalue weighted by Crippen LogP contribution is 2.30. The summed E-state index contributed by atoms with van der Waals surface area (Å²) in [6.45, 7) is 4.59. The van der Waals surface area contributed by atoms with Crippen molar-refractivity contribution in [3.05, 3.63) is 59.9 Å². The fraction of sp³-hybridized carbons (Fsp3) is 0.348. The first-order chi connectivity index (χ1) is 15.6. The van der Waals surface area contributed by atoms with Crippen LogP contribution in [0.5, 0.6) is 0 Å². The molecule has 3 aromatic rings. The molecule has 0 spiro atoms. The molecule has 1 aliphatic rings. The van der Waals surface area contributed by atoms with Crippen molar-refractivity contribution in [2.45, 2.75) is 42.3 Å². The fourth-order valence-corrected chi connectivity index (χ4v) is 5.36. The van der Waals surface area contributed by atoms with E-state index < -0.39 is 0 Å². The number of thioether (sulfide) groups is 1. The number of hydrogen-bond acceptors (Lipinski definition) is 7. The van der Waals surface area contributed by atoms with Crippen molar-refractivity contribution in [2.75, 3.05) is 28.6 Å². The topological polar surface area (TPSA) is 70.1 Å². The highest BCUT2D eigenvalue weighted by atomic mass is 32.2. The van der Waals surface area contributed by atoms with Crippen LogP contribution in [0.3, 0.4) is 0 Å². The maximum absolute atomic E-state index is 13.0. The number of hydrogen-bond donors (Lipinski definition) is 2. The van der Waals surface area contributed by atoms with Gasteiger partial charge in [-0.15, -0.1) is 10.2 Å². The predicted octanol–water partition coefficient (Wildman–Crippen LogP) is 5.40. The second-order valence-electron chi connectivity index (χ2n) is 7.70. The zero-order chi connectivity index (χ0) is 22.3. The van der Waals surface area contributed by atoms with Crippen molar-refractivity contribution in [3.8, 4) is 0 Å². The van der Waals surface area contributed by atoms with Gasteiger partial charge in [0.2, 0.25) is 11.0 Å². The van der Waals surface area contributed by atoms with E-state index in [9.17, 15) is 9.18 Å². The number of rotatable bonds is 8. The van der Waals surface area contributed by atoms with Crippen molar-refractivity contribution < 1.29 is 9.18 Å². The molecule has 6 nitrogen and oxygen atoms in total. The van der Waals surface area contributed by atoms with Crippen LogP contribution in [0, 0.1) is 5.82 Å². The molecule has 1 fully saturated rings. The molecule has 2 aromatic carbocycles. The van der Waals surface area contributed by atoms with Gasteiger partial charge in [0, 0.05) is 31.0 Å². The van der Waals surface area contributed by atoms with Gasteiger partial charge in [0.05, 0.1) is 5.25 Å². The second-order valence-corrected chi connectivity index (χ2v) is 10.3. The molecule has 2 N–H and O–H groups in total. The van der Waals surface area contributed by atoms with Gasteiger partial charge in [0.1, 0.15) is 5.82 Å². The number of aromatic nitrogens is 2. The molecule has 32 heavy (non-hydrogen) atoms. The highest BCUT2D eigenvalue weighted by molar-refractivity contribution is 8.02. The lowest BCUT2D eigenvalue weighted by molar-refractivity contribution is -0.115. The van der Waals surface area contributed by atoms with Gasteiger partial charge in [-0.1, -0.05) is 35.2 Å². The number of anilines is 3. The first-order valence-corrected chi connectivity index (χ1v) is 12.4. The summed E-state index contributed by atoms with van der Waals surface area (Å²) in [6.07, 6.45) is 3.78. The maximum atomic E-state index is 13.0. The van der Waals surface area contributed by atoms with Crippen molar-refractivity contribution in [2.24, 2.45) is 0 Å². The third-order valence-corrected chi connectivity index (χ3v) is 7.33. The van der Waals surface area contributed by atoms with Crippen LogP contribution < -0.4 is 15.5 Å². The molecule has 1 saturated heterocycles. The molecular weight excluding hydrogens is 445 g/mol. The Hall–Kier alpha value is -2.65. The number of piperidine rings is 1. The smallest absolute Gasteiger partial charge is 0.237 e. The number of nitrogens with one attached hydrogen (secondary N) is 2. The molecule has 0 saturated carbocycles. The predicted molar refractivity (Wildman–Crippen MR) is 130 cm³/mol. The van der Waals surface area contributed by atoms with E-state index in [4.69, 9.17) is 0 Å². The van der Waals surface area contributed by atoms with Crippen molar-refractivity contribution in [1.29, 1.82) is 0 Å². The van der Waals surface area contributed by atoms with E-state index in [-0.39, 0.29) is 17.0 Å². The molecular formula is C23H26FN5OS2. The summed E-state index contributed by atoms with van der Waals surface area (Å²) in [5.74, 6) is -0.328. The molecule has 168 valence electrons. The monoisotopic (exact) mass is 471 g/mol. The molecule has 1 amide bonds. The molecule has 9 heteroatoms. The largest absolute Gasteiger partial charge is 0.372 e. The van der Waals surface area contributed by atoms with E-state index in [0.29, 0.717) is 11.7 Å². The van der Waals surface area contributed by atoms with Gasteiger partial charge < -0.3 is 15.5 Å². The Kier molecular flexibility index (Phi) is 7.59. The quantitative estimate of drug-likeness (QED) is 0.429. The average Bonchev–Trinajstić information content (AvgIpc) is 3.27. The molecule has 1 aliphatic heterocycles. The Morgan fingerprint density at radius 1 is 1.09 bits per heavy atom. The van der Waals surface area contributed by atoms with Gasteiger partial charge in [0.25, 0.3) is 0 Å². The normalized spacial score (nSPS) is 14.8. The van der Waals surface area contributed by atoms with Gasteiger partial charge in [-0.2, -0.15) is 0 Å². The number of nitrogens with zero attached hydrogens (tertiary/aromatic N) is 3. The summed E-state index contributed by atoms with van der Waals surface area (Å²) < 4.78 is 13.7. The van der Waals surface area contributed by atoms with Gasteiger partial charge in [-0.25, -0.2) is 4.39 Å². The van der Waals surface area contributed by atoms with Gasteiger partial charge in [0.15, 0.2) is 4.34 Å². The van der Waals surface area contributed by atoms with Crippen LogP contribution in [0.25, 0.3) is 0 Å². The molecule has 0 radical (unpaired) electrons. The Balaban J connectivity index is 1.25. The van der Waals surface area contributed by atoms with Crippen LogP contribution in [-0.4, -0.2) is 34.4 Å². The SMILES string of the molecule is CC(Sc1nnc(NCc2ccc(F)cc2)s1)C(=O)Nc1ccc(N2CCCCC2)cc1. The number of carbonyl (C=O) groups excluding carboxylic acids is 1. The standard InChI is InChI=1S/C23H26FN5OS2/c1-16(21(30)26-19-9-11-20(12-10-19)29-13-3-2-4-14-29)31-23-28-27-22(32-23)25-15-17-5-7-18(24)8-6-17/h5-12,16H,2-4,13-15H2,1H3,(H,25,27)(H,26,30). The molecule has 1 atom stereocenters. The molecule has 0 bridgehead atoms. The van der Waals surface area contributed by atoms with Crippen LogP contribution in [0.1, 0.15) is 31.7 Å². The van der Waals surface area contributed by atoms with Crippen molar-refractivity contribution in [3.63, 3.8) is 0 Å². The summed E-state index contributed by atoms with van der Waals surface area (Å²) in [5.41, 5.74) is 2.96. The van der Waals surface area contributed by atoms with E-state index in [2.05, 4.69) is 37.9 Å².